The fourth-order valence-corrected chi connectivity index (χ4v) is 1.68. The zero-order chi connectivity index (χ0) is 12.1. The third kappa shape index (κ3) is 13.9. The van der Waals surface area contributed by atoms with E-state index in [1.807, 2.05) is 0 Å². The van der Waals surface area contributed by atoms with Crippen molar-refractivity contribution in [2.45, 2.75) is 71.8 Å². The molecule has 0 spiro atoms. The molecule has 98 valence electrons. The minimum Gasteiger partial charge on any atom is -0.380 e. The maximum Gasteiger partial charge on any atom is 0.0590 e. The molecule has 1 N–H and O–H groups in total. The van der Waals surface area contributed by atoms with Crippen LogP contribution in [0.2, 0.25) is 0 Å². The highest BCUT2D eigenvalue weighted by atomic mass is 16.5. The average molecular weight is 229 g/mol. The standard InChI is InChI=1S/C14H31NO/c1-4-5-6-7-8-9-10-12-16-13-11-15-14(2)3/h14-15H,4-13H2,1-3H3. The number of rotatable bonds is 12. The molecule has 0 heterocycles. The minimum atomic E-state index is 0.571. The summed E-state index contributed by atoms with van der Waals surface area (Å²) in [4.78, 5) is 0. The van der Waals surface area contributed by atoms with Crippen LogP contribution >= 0.6 is 0 Å². The first kappa shape index (κ1) is 15.9. The van der Waals surface area contributed by atoms with Crippen LogP contribution in [0.25, 0.3) is 0 Å². The molecule has 0 unspecified atom stereocenters. The smallest absolute Gasteiger partial charge is 0.0590 e. The number of ether oxygens (including phenoxy) is 1. The molecule has 0 aromatic rings. The lowest BCUT2D eigenvalue weighted by Crippen LogP contribution is -2.26. The Kier molecular flexibility index (Phi) is 12.9. The van der Waals surface area contributed by atoms with E-state index < -0.39 is 0 Å². The Morgan fingerprint density at radius 3 is 2.12 bits per heavy atom. The van der Waals surface area contributed by atoms with E-state index in [4.69, 9.17) is 4.74 Å². The van der Waals surface area contributed by atoms with Crippen LogP contribution in [0.15, 0.2) is 0 Å². The molecule has 16 heavy (non-hydrogen) atoms. The second-order valence-corrected chi connectivity index (χ2v) is 4.84. The molecule has 0 aliphatic rings. The maximum atomic E-state index is 5.55. The third-order valence-corrected chi connectivity index (χ3v) is 2.69. The molecule has 0 aliphatic heterocycles. The lowest BCUT2D eigenvalue weighted by molar-refractivity contribution is 0.130. The van der Waals surface area contributed by atoms with E-state index in [-0.39, 0.29) is 0 Å². The second kappa shape index (κ2) is 13.0. The summed E-state index contributed by atoms with van der Waals surface area (Å²) in [5.74, 6) is 0. The Bertz CT molecular complexity index is 126. The van der Waals surface area contributed by atoms with E-state index in [0.717, 1.165) is 19.8 Å². The predicted octanol–water partition coefficient (Wildman–Crippen LogP) is 3.75. The van der Waals surface area contributed by atoms with Crippen molar-refractivity contribution < 1.29 is 4.74 Å². The Balaban J connectivity index is 2.88. The lowest BCUT2D eigenvalue weighted by atomic mass is 10.1. The molecule has 0 fully saturated rings. The summed E-state index contributed by atoms with van der Waals surface area (Å²) in [5.41, 5.74) is 0. The molecule has 2 heteroatoms. The second-order valence-electron chi connectivity index (χ2n) is 4.84. The van der Waals surface area contributed by atoms with Crippen molar-refractivity contribution >= 4 is 0 Å². The molecule has 0 radical (unpaired) electrons. The van der Waals surface area contributed by atoms with Gasteiger partial charge < -0.3 is 10.1 Å². The van der Waals surface area contributed by atoms with E-state index in [1.165, 1.54) is 44.9 Å². The van der Waals surface area contributed by atoms with Gasteiger partial charge >= 0.3 is 0 Å². The quantitative estimate of drug-likeness (QED) is 0.515. The topological polar surface area (TPSA) is 21.3 Å². The molecule has 0 aliphatic carbocycles. The number of hydrogen-bond donors (Lipinski definition) is 1. The van der Waals surface area contributed by atoms with Gasteiger partial charge in [-0.2, -0.15) is 0 Å². The van der Waals surface area contributed by atoms with E-state index >= 15 is 0 Å². The molecular formula is C14H31NO. The summed E-state index contributed by atoms with van der Waals surface area (Å²) < 4.78 is 5.55. The number of nitrogens with one attached hydrogen (secondary N) is 1. The zero-order valence-corrected chi connectivity index (χ0v) is 11.6. The van der Waals surface area contributed by atoms with Gasteiger partial charge in [0.25, 0.3) is 0 Å². The SMILES string of the molecule is CCCCCCCCCOCCNC(C)C. The first-order valence-electron chi connectivity index (χ1n) is 7.08. The van der Waals surface area contributed by atoms with Gasteiger partial charge in [-0.1, -0.05) is 59.3 Å². The summed E-state index contributed by atoms with van der Waals surface area (Å²) >= 11 is 0. The largest absolute Gasteiger partial charge is 0.380 e. The molecule has 0 aromatic heterocycles. The van der Waals surface area contributed by atoms with Crippen LogP contribution in [-0.4, -0.2) is 25.8 Å². The van der Waals surface area contributed by atoms with Crippen LogP contribution in [0, 0.1) is 0 Å². The summed E-state index contributed by atoms with van der Waals surface area (Å²) in [7, 11) is 0. The van der Waals surface area contributed by atoms with E-state index in [2.05, 4.69) is 26.1 Å². The molecule has 0 aromatic carbocycles. The van der Waals surface area contributed by atoms with Crippen molar-refractivity contribution in [2.75, 3.05) is 19.8 Å². The van der Waals surface area contributed by atoms with Crippen LogP contribution in [0.1, 0.15) is 65.7 Å². The highest BCUT2D eigenvalue weighted by molar-refractivity contribution is 4.51. The van der Waals surface area contributed by atoms with Crippen molar-refractivity contribution in [1.82, 2.24) is 5.32 Å². The van der Waals surface area contributed by atoms with Crippen LogP contribution < -0.4 is 5.32 Å². The molecule has 0 rings (SSSR count). The van der Waals surface area contributed by atoms with Gasteiger partial charge in [-0.15, -0.1) is 0 Å². The maximum absolute atomic E-state index is 5.55. The van der Waals surface area contributed by atoms with Gasteiger partial charge in [-0.05, 0) is 6.42 Å². The van der Waals surface area contributed by atoms with Crippen molar-refractivity contribution in [3.63, 3.8) is 0 Å². The van der Waals surface area contributed by atoms with Crippen LogP contribution in [-0.2, 0) is 4.74 Å². The average Bonchev–Trinajstić information content (AvgIpc) is 2.25. The van der Waals surface area contributed by atoms with Crippen molar-refractivity contribution in [3.8, 4) is 0 Å². The molecular weight excluding hydrogens is 198 g/mol. The van der Waals surface area contributed by atoms with Gasteiger partial charge in [0.1, 0.15) is 0 Å². The molecule has 0 bridgehead atoms. The fourth-order valence-electron chi connectivity index (χ4n) is 1.68. The Labute approximate surface area is 102 Å². The third-order valence-electron chi connectivity index (χ3n) is 2.69. The summed E-state index contributed by atoms with van der Waals surface area (Å²) in [6.45, 7) is 9.36. The van der Waals surface area contributed by atoms with Crippen molar-refractivity contribution in [1.29, 1.82) is 0 Å². The molecule has 0 saturated heterocycles. The van der Waals surface area contributed by atoms with Gasteiger partial charge in [0.15, 0.2) is 0 Å². The molecule has 0 saturated carbocycles. The molecule has 2 nitrogen and oxygen atoms in total. The lowest BCUT2D eigenvalue weighted by Gasteiger charge is -2.08. The first-order valence-corrected chi connectivity index (χ1v) is 7.08. The van der Waals surface area contributed by atoms with Gasteiger partial charge in [-0.25, -0.2) is 0 Å². The molecule has 0 amide bonds. The Hall–Kier alpha value is -0.0800. The van der Waals surface area contributed by atoms with Gasteiger partial charge in [0, 0.05) is 19.2 Å². The minimum absolute atomic E-state index is 0.571. The Morgan fingerprint density at radius 2 is 1.50 bits per heavy atom. The van der Waals surface area contributed by atoms with E-state index in [0.29, 0.717) is 6.04 Å². The van der Waals surface area contributed by atoms with Crippen molar-refractivity contribution in [2.24, 2.45) is 0 Å². The summed E-state index contributed by atoms with van der Waals surface area (Å²) in [6.07, 6.45) is 9.50. The highest BCUT2D eigenvalue weighted by Gasteiger charge is 1.93. The Morgan fingerprint density at radius 1 is 0.875 bits per heavy atom. The van der Waals surface area contributed by atoms with Gasteiger partial charge in [0.2, 0.25) is 0 Å². The number of unbranched alkanes of at least 4 members (excludes halogenated alkanes) is 6. The zero-order valence-electron chi connectivity index (χ0n) is 11.6. The van der Waals surface area contributed by atoms with Crippen LogP contribution in [0.3, 0.4) is 0 Å². The van der Waals surface area contributed by atoms with Crippen molar-refractivity contribution in [3.05, 3.63) is 0 Å². The summed E-state index contributed by atoms with van der Waals surface area (Å²) in [5, 5.41) is 3.35. The first-order chi connectivity index (χ1) is 7.77. The number of hydrogen-bond acceptors (Lipinski definition) is 2. The van der Waals surface area contributed by atoms with E-state index in [1.54, 1.807) is 0 Å². The van der Waals surface area contributed by atoms with E-state index in [9.17, 15) is 0 Å². The van der Waals surface area contributed by atoms with Gasteiger partial charge in [0.05, 0.1) is 6.61 Å². The fraction of sp³-hybridized carbons (Fsp3) is 1.00. The molecule has 0 atom stereocenters. The monoisotopic (exact) mass is 229 g/mol. The highest BCUT2D eigenvalue weighted by Crippen LogP contribution is 2.06. The van der Waals surface area contributed by atoms with Gasteiger partial charge in [-0.3, -0.25) is 0 Å². The predicted molar refractivity (Wildman–Crippen MR) is 72.0 cm³/mol. The van der Waals surface area contributed by atoms with Crippen LogP contribution in [0.5, 0.6) is 0 Å². The van der Waals surface area contributed by atoms with Crippen LogP contribution in [0.4, 0.5) is 0 Å². The normalized spacial score (nSPS) is 11.2. The summed E-state index contributed by atoms with van der Waals surface area (Å²) in [6, 6.07) is 0.571.